The van der Waals surface area contributed by atoms with E-state index in [1.165, 1.54) is 12.8 Å². The Balaban J connectivity index is 1.53. The molecule has 1 heterocycles. The highest BCUT2D eigenvalue weighted by atomic mass is 79.9. The lowest BCUT2D eigenvalue weighted by molar-refractivity contribution is -0.139. The maximum Gasteiger partial charge on any atom is 0.317 e. The number of halogens is 1. The summed E-state index contributed by atoms with van der Waals surface area (Å²) in [5, 5.41) is 12.5. The predicted octanol–water partition coefficient (Wildman–Crippen LogP) is 2.89. The summed E-state index contributed by atoms with van der Waals surface area (Å²) in [4.78, 5) is 17.6. The number of hydrogen-bond donors (Lipinski definition) is 2. The monoisotopic (exact) mass is 367 g/mol. The van der Waals surface area contributed by atoms with Crippen molar-refractivity contribution in [2.24, 2.45) is 5.92 Å². The first-order valence-corrected chi connectivity index (χ1v) is 8.65. The molecule has 0 aromatic carbocycles. The standard InChI is InChI=1S/C16H22BrN3O2/c1-10-4-5-18-16(15(10)17)19-12-6-13(7-12)20(9-14(21)22)8-11-2-3-11/h4-5,11-13H,2-3,6-9H2,1H3,(H,18,19)(H,21,22). The van der Waals surface area contributed by atoms with E-state index in [4.69, 9.17) is 5.11 Å². The van der Waals surface area contributed by atoms with Gasteiger partial charge in [-0.2, -0.15) is 0 Å². The fraction of sp³-hybridized carbons (Fsp3) is 0.625. The van der Waals surface area contributed by atoms with Crippen molar-refractivity contribution in [3.8, 4) is 0 Å². The van der Waals surface area contributed by atoms with Crippen molar-refractivity contribution in [2.45, 2.75) is 44.7 Å². The van der Waals surface area contributed by atoms with Crippen LogP contribution in [0.2, 0.25) is 0 Å². The fourth-order valence-corrected chi connectivity index (χ4v) is 3.34. The fourth-order valence-electron chi connectivity index (χ4n) is 2.99. The van der Waals surface area contributed by atoms with Crippen LogP contribution in [0.15, 0.2) is 16.7 Å². The number of nitrogens with zero attached hydrogens (tertiary/aromatic N) is 2. The lowest BCUT2D eigenvalue weighted by Crippen LogP contribution is -2.52. The molecule has 1 aromatic heterocycles. The molecular weight excluding hydrogens is 346 g/mol. The summed E-state index contributed by atoms with van der Waals surface area (Å²) in [6, 6.07) is 2.74. The maximum absolute atomic E-state index is 11.0. The first kappa shape index (κ1) is 15.7. The van der Waals surface area contributed by atoms with Crippen LogP contribution in [-0.2, 0) is 4.79 Å². The molecule has 22 heavy (non-hydrogen) atoms. The Labute approximate surface area is 139 Å². The molecule has 0 bridgehead atoms. The van der Waals surface area contributed by atoms with Gasteiger partial charge in [0.15, 0.2) is 0 Å². The molecule has 2 aliphatic rings. The Morgan fingerprint density at radius 1 is 1.50 bits per heavy atom. The zero-order chi connectivity index (χ0) is 15.7. The molecule has 2 saturated carbocycles. The smallest absolute Gasteiger partial charge is 0.317 e. The van der Waals surface area contributed by atoms with Gasteiger partial charge >= 0.3 is 5.97 Å². The van der Waals surface area contributed by atoms with Gasteiger partial charge in [-0.1, -0.05) is 0 Å². The molecule has 0 amide bonds. The average Bonchev–Trinajstić information content (AvgIpc) is 3.20. The third-order valence-corrected chi connectivity index (χ3v) is 5.58. The van der Waals surface area contributed by atoms with Gasteiger partial charge in [0, 0.05) is 24.8 Å². The molecule has 0 spiro atoms. The predicted molar refractivity (Wildman–Crippen MR) is 89.0 cm³/mol. The molecule has 2 fully saturated rings. The SMILES string of the molecule is Cc1ccnc(NC2CC(N(CC(=O)O)CC3CC3)C2)c1Br. The molecule has 5 nitrogen and oxygen atoms in total. The van der Waals surface area contributed by atoms with Crippen LogP contribution in [0.5, 0.6) is 0 Å². The Hall–Kier alpha value is -1.14. The Bertz CT molecular complexity index is 556. The van der Waals surface area contributed by atoms with Crippen molar-refractivity contribution in [3.05, 3.63) is 22.3 Å². The minimum atomic E-state index is -0.722. The second-order valence-electron chi connectivity index (χ2n) is 6.52. The highest BCUT2D eigenvalue weighted by molar-refractivity contribution is 9.10. The minimum Gasteiger partial charge on any atom is -0.480 e. The van der Waals surface area contributed by atoms with E-state index in [-0.39, 0.29) is 6.54 Å². The van der Waals surface area contributed by atoms with Gasteiger partial charge in [-0.25, -0.2) is 4.98 Å². The van der Waals surface area contributed by atoms with Gasteiger partial charge in [-0.3, -0.25) is 9.69 Å². The van der Waals surface area contributed by atoms with E-state index in [9.17, 15) is 4.79 Å². The summed E-state index contributed by atoms with van der Waals surface area (Å²) >= 11 is 3.57. The number of hydrogen-bond acceptors (Lipinski definition) is 4. The molecule has 0 atom stereocenters. The van der Waals surface area contributed by atoms with Gasteiger partial charge in [-0.05, 0) is 66.1 Å². The molecule has 120 valence electrons. The lowest BCUT2D eigenvalue weighted by atomic mass is 9.85. The van der Waals surface area contributed by atoms with Gasteiger partial charge in [0.25, 0.3) is 0 Å². The zero-order valence-corrected chi connectivity index (χ0v) is 14.3. The molecule has 1 aromatic rings. The van der Waals surface area contributed by atoms with Gasteiger partial charge in [0.1, 0.15) is 5.82 Å². The number of carboxylic acids is 1. The third kappa shape index (κ3) is 3.79. The minimum absolute atomic E-state index is 0.167. The summed E-state index contributed by atoms with van der Waals surface area (Å²) in [6.07, 6.45) is 6.29. The van der Waals surface area contributed by atoms with Crippen LogP contribution in [0.3, 0.4) is 0 Å². The number of aromatic nitrogens is 1. The van der Waals surface area contributed by atoms with E-state index in [0.717, 1.165) is 41.2 Å². The average molecular weight is 368 g/mol. The first-order valence-electron chi connectivity index (χ1n) is 7.86. The van der Waals surface area contributed by atoms with E-state index in [2.05, 4.69) is 31.1 Å². The summed E-state index contributed by atoms with van der Waals surface area (Å²) < 4.78 is 1.01. The molecule has 3 rings (SSSR count). The van der Waals surface area contributed by atoms with Crippen LogP contribution in [0.25, 0.3) is 0 Å². The molecule has 0 aliphatic heterocycles. The number of nitrogens with one attached hydrogen (secondary N) is 1. The molecule has 0 radical (unpaired) electrons. The number of aliphatic carboxylic acids is 1. The molecule has 2 N–H and O–H groups in total. The second kappa shape index (κ2) is 6.54. The Morgan fingerprint density at radius 3 is 2.86 bits per heavy atom. The van der Waals surface area contributed by atoms with Crippen LogP contribution in [0.4, 0.5) is 5.82 Å². The highest BCUT2D eigenvalue weighted by Crippen LogP contribution is 2.35. The van der Waals surface area contributed by atoms with Crippen molar-refractivity contribution in [1.29, 1.82) is 0 Å². The van der Waals surface area contributed by atoms with Crippen LogP contribution in [0.1, 0.15) is 31.2 Å². The van der Waals surface area contributed by atoms with E-state index in [1.807, 2.05) is 19.2 Å². The Kier molecular flexibility index (Phi) is 4.68. The van der Waals surface area contributed by atoms with Crippen molar-refractivity contribution in [2.75, 3.05) is 18.4 Å². The summed E-state index contributed by atoms with van der Waals surface area (Å²) in [5.41, 5.74) is 1.16. The molecule has 0 unspecified atom stereocenters. The quantitative estimate of drug-likeness (QED) is 0.775. The van der Waals surface area contributed by atoms with Gasteiger partial charge < -0.3 is 10.4 Å². The number of anilines is 1. The summed E-state index contributed by atoms with van der Waals surface area (Å²) in [7, 11) is 0. The lowest BCUT2D eigenvalue weighted by Gasteiger charge is -2.43. The third-order valence-electron chi connectivity index (χ3n) is 4.58. The Morgan fingerprint density at radius 2 is 2.23 bits per heavy atom. The topological polar surface area (TPSA) is 65.5 Å². The maximum atomic E-state index is 11.0. The number of rotatable bonds is 7. The van der Waals surface area contributed by atoms with E-state index in [1.54, 1.807) is 0 Å². The zero-order valence-electron chi connectivity index (χ0n) is 12.8. The molecule has 6 heteroatoms. The number of pyridine rings is 1. The van der Waals surface area contributed by atoms with Crippen molar-refractivity contribution >= 4 is 27.7 Å². The van der Waals surface area contributed by atoms with Crippen molar-refractivity contribution in [3.63, 3.8) is 0 Å². The van der Waals surface area contributed by atoms with E-state index >= 15 is 0 Å². The first-order chi connectivity index (χ1) is 10.5. The van der Waals surface area contributed by atoms with Crippen LogP contribution in [0, 0.1) is 12.8 Å². The number of carboxylic acid groups (broad SMARTS) is 1. The largest absolute Gasteiger partial charge is 0.480 e. The number of aryl methyl sites for hydroxylation is 1. The second-order valence-corrected chi connectivity index (χ2v) is 7.32. The van der Waals surface area contributed by atoms with Gasteiger partial charge in [0.2, 0.25) is 0 Å². The van der Waals surface area contributed by atoms with Crippen LogP contribution >= 0.6 is 15.9 Å². The van der Waals surface area contributed by atoms with E-state index < -0.39 is 5.97 Å². The van der Waals surface area contributed by atoms with E-state index in [0.29, 0.717) is 12.1 Å². The normalized spacial score (nSPS) is 24.1. The van der Waals surface area contributed by atoms with Crippen molar-refractivity contribution < 1.29 is 9.90 Å². The van der Waals surface area contributed by atoms with Gasteiger partial charge in [-0.15, -0.1) is 0 Å². The molecular formula is C16H22BrN3O2. The highest BCUT2D eigenvalue weighted by Gasteiger charge is 2.37. The van der Waals surface area contributed by atoms with Crippen molar-refractivity contribution in [1.82, 2.24) is 9.88 Å². The number of carbonyl (C=O) groups is 1. The molecule has 0 saturated heterocycles. The van der Waals surface area contributed by atoms with Crippen LogP contribution in [-0.4, -0.2) is 46.1 Å². The summed E-state index contributed by atoms with van der Waals surface area (Å²) in [6.45, 7) is 3.15. The van der Waals surface area contributed by atoms with Gasteiger partial charge in [0.05, 0.1) is 11.0 Å². The molecule has 2 aliphatic carbocycles. The summed E-state index contributed by atoms with van der Waals surface area (Å²) in [5.74, 6) is 0.884. The van der Waals surface area contributed by atoms with Crippen LogP contribution < -0.4 is 5.32 Å².